The molecule has 7 heteroatoms. The van der Waals surface area contributed by atoms with Gasteiger partial charge in [0, 0.05) is 17.0 Å². The van der Waals surface area contributed by atoms with Gasteiger partial charge in [0.2, 0.25) is 0 Å². The number of hydrogen-bond acceptors (Lipinski definition) is 5. The molecule has 1 aromatic heterocycles. The second kappa shape index (κ2) is 9.72. The number of carbonyl (C=O) groups excluding carboxylic acids is 1. The third-order valence-corrected chi connectivity index (χ3v) is 5.80. The van der Waals surface area contributed by atoms with Crippen LogP contribution in [0.25, 0.3) is 16.7 Å². The van der Waals surface area contributed by atoms with Crippen LogP contribution >= 0.6 is 11.6 Å². The van der Waals surface area contributed by atoms with Crippen molar-refractivity contribution in [3.05, 3.63) is 46.5 Å². The molecular weight excluding hydrogens is 438 g/mol. The zero-order valence-electron chi connectivity index (χ0n) is 20.4. The summed E-state index contributed by atoms with van der Waals surface area (Å²) in [4.78, 5) is 13.3. The molecule has 0 amide bonds. The Balaban J connectivity index is 2.05. The molecule has 1 N–H and O–H groups in total. The van der Waals surface area contributed by atoms with E-state index in [0.29, 0.717) is 47.6 Å². The maximum absolute atomic E-state index is 11.8. The molecule has 1 heterocycles. The number of aromatic hydroxyl groups is 1. The van der Waals surface area contributed by atoms with Crippen molar-refractivity contribution in [1.29, 1.82) is 0 Å². The molecule has 0 unspecified atom stereocenters. The SMILES string of the molecule is CCOC(=O)CCCc1cc(-n2nc3ccc(Cl)cc3n2)c(O)c(C(C)(C)CC(C)(C)C)c1. The Labute approximate surface area is 200 Å². The number of carbonyl (C=O) groups is 1. The Kier molecular flexibility index (Phi) is 7.37. The van der Waals surface area contributed by atoms with E-state index < -0.39 is 0 Å². The van der Waals surface area contributed by atoms with Gasteiger partial charge in [-0.1, -0.05) is 52.3 Å². The molecule has 2 aromatic carbocycles. The van der Waals surface area contributed by atoms with Gasteiger partial charge in [-0.05, 0) is 66.8 Å². The highest BCUT2D eigenvalue weighted by molar-refractivity contribution is 6.31. The van der Waals surface area contributed by atoms with Crippen molar-refractivity contribution in [3.63, 3.8) is 0 Å². The molecular formula is C26H34ClN3O3. The fraction of sp³-hybridized carbons (Fsp3) is 0.500. The van der Waals surface area contributed by atoms with Gasteiger partial charge < -0.3 is 9.84 Å². The highest BCUT2D eigenvalue weighted by Crippen LogP contribution is 2.42. The van der Waals surface area contributed by atoms with Crippen molar-refractivity contribution < 1.29 is 14.6 Å². The number of ether oxygens (including phenoxy) is 1. The van der Waals surface area contributed by atoms with Crippen LogP contribution in [0.4, 0.5) is 0 Å². The molecule has 0 aliphatic carbocycles. The number of fused-ring (bicyclic) bond motifs is 1. The minimum Gasteiger partial charge on any atom is -0.505 e. The van der Waals surface area contributed by atoms with Crippen LogP contribution in [0, 0.1) is 5.41 Å². The number of phenolic OH excluding ortho intramolecular Hbond substituents is 1. The summed E-state index contributed by atoms with van der Waals surface area (Å²) >= 11 is 6.12. The summed E-state index contributed by atoms with van der Waals surface area (Å²) in [6, 6.07) is 9.29. The van der Waals surface area contributed by atoms with Crippen molar-refractivity contribution in [3.8, 4) is 11.4 Å². The first-order valence-electron chi connectivity index (χ1n) is 11.4. The summed E-state index contributed by atoms with van der Waals surface area (Å²) in [7, 11) is 0. The van der Waals surface area contributed by atoms with Gasteiger partial charge in [-0.3, -0.25) is 4.79 Å². The van der Waals surface area contributed by atoms with E-state index in [1.165, 1.54) is 4.80 Å². The van der Waals surface area contributed by atoms with E-state index in [2.05, 4.69) is 50.9 Å². The van der Waals surface area contributed by atoms with E-state index in [0.717, 1.165) is 17.5 Å². The molecule has 3 aromatic rings. The van der Waals surface area contributed by atoms with Gasteiger partial charge in [-0.15, -0.1) is 15.0 Å². The number of hydrogen-bond donors (Lipinski definition) is 1. The van der Waals surface area contributed by atoms with Crippen molar-refractivity contribution in [2.24, 2.45) is 5.41 Å². The molecule has 0 bridgehead atoms. The third kappa shape index (κ3) is 6.26. The fourth-order valence-electron chi connectivity index (χ4n) is 4.58. The van der Waals surface area contributed by atoms with E-state index in [9.17, 15) is 9.90 Å². The quantitative estimate of drug-likeness (QED) is 0.386. The number of aryl methyl sites for hydroxylation is 1. The highest BCUT2D eigenvalue weighted by atomic mass is 35.5. The molecule has 0 spiro atoms. The van der Waals surface area contributed by atoms with Gasteiger partial charge in [-0.25, -0.2) is 0 Å². The van der Waals surface area contributed by atoms with Crippen molar-refractivity contribution >= 4 is 28.6 Å². The van der Waals surface area contributed by atoms with Gasteiger partial charge in [0.15, 0.2) is 0 Å². The second-order valence-corrected chi connectivity index (χ2v) is 10.8. The van der Waals surface area contributed by atoms with Crippen LogP contribution in [0.3, 0.4) is 0 Å². The Hall–Kier alpha value is -2.60. The number of phenols is 1. The van der Waals surface area contributed by atoms with Crippen LogP contribution < -0.4 is 0 Å². The summed E-state index contributed by atoms with van der Waals surface area (Å²) in [6.45, 7) is 13.1. The average Bonchev–Trinajstić information content (AvgIpc) is 3.10. The molecule has 33 heavy (non-hydrogen) atoms. The largest absolute Gasteiger partial charge is 0.505 e. The van der Waals surface area contributed by atoms with Crippen LogP contribution in [0.2, 0.25) is 5.02 Å². The van der Waals surface area contributed by atoms with Gasteiger partial charge in [-0.2, -0.15) is 0 Å². The summed E-state index contributed by atoms with van der Waals surface area (Å²) in [6.07, 6.45) is 2.57. The van der Waals surface area contributed by atoms with Gasteiger partial charge in [0.05, 0.1) is 6.61 Å². The number of nitrogens with zero attached hydrogens (tertiary/aromatic N) is 3. The minimum absolute atomic E-state index is 0.0748. The van der Waals surface area contributed by atoms with Crippen LogP contribution in [-0.2, 0) is 21.4 Å². The lowest BCUT2D eigenvalue weighted by atomic mass is 9.71. The topological polar surface area (TPSA) is 77.2 Å². The Bertz CT molecular complexity index is 1150. The maximum atomic E-state index is 11.8. The fourth-order valence-corrected chi connectivity index (χ4v) is 4.74. The van der Waals surface area contributed by atoms with Crippen LogP contribution in [0.5, 0.6) is 5.75 Å². The second-order valence-electron chi connectivity index (χ2n) is 10.4. The molecule has 0 radical (unpaired) electrons. The lowest BCUT2D eigenvalue weighted by Crippen LogP contribution is -2.25. The Morgan fingerprint density at radius 2 is 1.79 bits per heavy atom. The normalized spacial score (nSPS) is 12.3. The summed E-state index contributed by atoms with van der Waals surface area (Å²) in [5, 5.41) is 21.1. The zero-order valence-corrected chi connectivity index (χ0v) is 21.2. The number of rotatable bonds is 8. The predicted octanol–water partition coefficient (Wildman–Crippen LogP) is 6.38. The average molecular weight is 472 g/mol. The van der Waals surface area contributed by atoms with E-state index >= 15 is 0 Å². The molecule has 6 nitrogen and oxygen atoms in total. The monoisotopic (exact) mass is 471 g/mol. The molecule has 0 aliphatic heterocycles. The van der Waals surface area contributed by atoms with Crippen LogP contribution in [0.15, 0.2) is 30.3 Å². The van der Waals surface area contributed by atoms with Crippen molar-refractivity contribution in [1.82, 2.24) is 15.0 Å². The first kappa shape index (κ1) is 25.0. The predicted molar refractivity (Wildman–Crippen MR) is 132 cm³/mol. The van der Waals surface area contributed by atoms with Crippen molar-refractivity contribution in [2.45, 2.75) is 72.6 Å². The maximum Gasteiger partial charge on any atom is 0.305 e. The zero-order chi connectivity index (χ0) is 24.4. The molecule has 0 aliphatic rings. The minimum atomic E-state index is -0.288. The van der Waals surface area contributed by atoms with Crippen LogP contribution in [-0.4, -0.2) is 32.7 Å². The van der Waals surface area contributed by atoms with E-state index in [-0.39, 0.29) is 22.5 Å². The Morgan fingerprint density at radius 3 is 2.45 bits per heavy atom. The van der Waals surface area contributed by atoms with Crippen molar-refractivity contribution in [2.75, 3.05) is 6.61 Å². The lowest BCUT2D eigenvalue weighted by molar-refractivity contribution is -0.143. The Morgan fingerprint density at radius 1 is 1.09 bits per heavy atom. The number of halogens is 1. The van der Waals surface area contributed by atoms with E-state index in [1.807, 2.05) is 19.1 Å². The van der Waals surface area contributed by atoms with Gasteiger partial charge in [0.25, 0.3) is 0 Å². The molecule has 0 saturated heterocycles. The summed E-state index contributed by atoms with van der Waals surface area (Å²) in [5.74, 6) is -0.0218. The third-order valence-electron chi connectivity index (χ3n) is 5.56. The lowest BCUT2D eigenvalue weighted by Gasteiger charge is -2.34. The van der Waals surface area contributed by atoms with Crippen LogP contribution in [0.1, 0.15) is 71.9 Å². The summed E-state index contributed by atoms with van der Waals surface area (Å²) in [5.41, 5.74) is 3.53. The first-order chi connectivity index (χ1) is 15.4. The molecule has 0 atom stereocenters. The smallest absolute Gasteiger partial charge is 0.305 e. The van der Waals surface area contributed by atoms with E-state index in [1.54, 1.807) is 12.1 Å². The molecule has 178 valence electrons. The van der Waals surface area contributed by atoms with Gasteiger partial charge >= 0.3 is 5.97 Å². The first-order valence-corrected chi connectivity index (χ1v) is 11.8. The van der Waals surface area contributed by atoms with Gasteiger partial charge in [0.1, 0.15) is 22.5 Å². The number of aromatic nitrogens is 3. The van der Waals surface area contributed by atoms with E-state index in [4.69, 9.17) is 16.3 Å². The summed E-state index contributed by atoms with van der Waals surface area (Å²) < 4.78 is 5.05. The highest BCUT2D eigenvalue weighted by Gasteiger charge is 2.31. The molecule has 3 rings (SSSR count). The standard InChI is InChI=1S/C26H34ClN3O3/c1-7-33-23(31)10-8-9-17-13-19(26(5,6)16-25(2,3)4)24(32)22(14-17)30-28-20-12-11-18(27)15-21(20)29-30/h11-15,32H,7-10,16H2,1-6H3. The molecule has 0 fully saturated rings. The molecule has 0 saturated carbocycles. The number of benzene rings is 2. The number of esters is 1.